The summed E-state index contributed by atoms with van der Waals surface area (Å²) in [6, 6.07) is 14.8. The highest BCUT2D eigenvalue weighted by Gasteiger charge is 2.27. The van der Waals surface area contributed by atoms with Gasteiger partial charge in [0.25, 0.3) is 0 Å². The van der Waals surface area contributed by atoms with E-state index in [-0.39, 0.29) is 0 Å². The van der Waals surface area contributed by atoms with Crippen molar-refractivity contribution in [1.82, 2.24) is 9.61 Å². The smallest absolute Gasteiger partial charge is 0.113 e. The number of hydrogen-bond donors (Lipinski definition) is 0. The Bertz CT molecular complexity index is 1050. The minimum absolute atomic E-state index is 1.11. The summed E-state index contributed by atoms with van der Waals surface area (Å²) in [4.78, 5) is 5.21. The monoisotopic (exact) mass is 338 g/mol. The summed E-state index contributed by atoms with van der Waals surface area (Å²) in [5.74, 6) is 0. The van der Waals surface area contributed by atoms with Gasteiger partial charge in [0.15, 0.2) is 0 Å². The molecule has 0 aliphatic carbocycles. The van der Waals surface area contributed by atoms with E-state index in [4.69, 9.17) is 5.10 Å². The van der Waals surface area contributed by atoms with Crippen molar-refractivity contribution in [1.29, 1.82) is 0 Å². The minimum Gasteiger partial charge on any atom is -0.240 e. The number of aromatic nitrogens is 2. The highest BCUT2D eigenvalue weighted by Crippen LogP contribution is 2.32. The van der Waals surface area contributed by atoms with Gasteiger partial charge in [0.05, 0.1) is 15.2 Å². The molecule has 0 bridgehead atoms. The number of thiophene rings is 2. The van der Waals surface area contributed by atoms with Crippen molar-refractivity contribution in [2.45, 2.75) is 0 Å². The third kappa shape index (κ3) is 1.73. The molecule has 0 N–H and O–H groups in total. The van der Waals surface area contributed by atoms with Gasteiger partial charge in [-0.25, -0.2) is 4.52 Å². The molecule has 4 aromatic heterocycles. The number of rotatable bonds is 2. The third-order valence-corrected chi connectivity index (χ3v) is 6.95. The van der Waals surface area contributed by atoms with Gasteiger partial charge in [-0.3, -0.25) is 0 Å². The van der Waals surface area contributed by atoms with E-state index in [9.17, 15) is 0 Å². The Balaban J connectivity index is 1.88. The maximum atomic E-state index is 4.84. The van der Waals surface area contributed by atoms with Crippen LogP contribution in [0.15, 0.2) is 59.4 Å². The average Bonchev–Trinajstić information content (AvgIpc) is 3.30. The fourth-order valence-corrected chi connectivity index (χ4v) is 5.70. The van der Waals surface area contributed by atoms with E-state index in [1.807, 2.05) is 27.7 Å². The Kier molecular flexibility index (Phi) is 2.73. The lowest BCUT2D eigenvalue weighted by Gasteiger charge is -1.98. The van der Waals surface area contributed by atoms with Crippen molar-refractivity contribution < 1.29 is 0 Å². The van der Waals surface area contributed by atoms with Gasteiger partial charge in [-0.1, -0.05) is 18.2 Å². The van der Waals surface area contributed by atoms with Gasteiger partial charge in [0, 0.05) is 21.5 Å². The zero-order valence-electron chi connectivity index (χ0n) is 11.4. The predicted molar refractivity (Wildman–Crippen MR) is 97.8 cm³/mol. The number of nitrogens with zero attached hydrogens (tertiary/aromatic N) is 2. The molecule has 0 spiro atoms. The standard InChI is InChI=1S/C17H10N2S3/c1-2-8-19-11(5-1)14-15(18-19)17(13-7-4-10-21-13)22-16(14)12-6-3-9-20-12/h1-10H. The lowest BCUT2D eigenvalue weighted by atomic mass is 10.1. The van der Waals surface area contributed by atoms with E-state index in [1.54, 1.807) is 22.7 Å². The summed E-state index contributed by atoms with van der Waals surface area (Å²) in [5, 5.41) is 9.10. The molecule has 5 heteroatoms. The zero-order valence-corrected chi connectivity index (χ0v) is 13.8. The molecule has 0 unspecified atom stereocenters. The summed E-state index contributed by atoms with van der Waals surface area (Å²) in [6.07, 6.45) is 2.02. The summed E-state index contributed by atoms with van der Waals surface area (Å²) in [7, 11) is 1.85. The lowest BCUT2D eigenvalue weighted by molar-refractivity contribution is 0.956. The van der Waals surface area contributed by atoms with Crippen molar-refractivity contribution in [3.05, 3.63) is 80.4 Å². The van der Waals surface area contributed by atoms with Crippen LogP contribution in [0.3, 0.4) is 0 Å². The topological polar surface area (TPSA) is 17.3 Å². The van der Waals surface area contributed by atoms with Crippen molar-refractivity contribution in [2.75, 3.05) is 0 Å². The van der Waals surface area contributed by atoms with Crippen LogP contribution in [0, 0.1) is 0 Å². The van der Waals surface area contributed by atoms with E-state index >= 15 is 0 Å². The normalized spacial score (nSPS) is 13.6. The van der Waals surface area contributed by atoms with E-state index in [0.29, 0.717) is 0 Å². The Morgan fingerprint density at radius 2 is 1.59 bits per heavy atom. The summed E-state index contributed by atoms with van der Waals surface area (Å²) < 4.78 is 1.99. The summed E-state index contributed by atoms with van der Waals surface area (Å²) in [6.45, 7) is 0. The van der Waals surface area contributed by atoms with E-state index in [1.165, 1.54) is 30.6 Å². The van der Waals surface area contributed by atoms with Crippen LogP contribution in [-0.4, -0.2) is 19.3 Å². The van der Waals surface area contributed by atoms with Crippen LogP contribution >= 0.6 is 33.6 Å². The highest BCUT2D eigenvalue weighted by atomic mass is 32.1. The van der Waals surface area contributed by atoms with Gasteiger partial charge in [0.2, 0.25) is 0 Å². The van der Waals surface area contributed by atoms with Crippen LogP contribution < -0.4 is 0 Å². The second-order valence-electron chi connectivity index (χ2n) is 4.97. The molecule has 2 nitrogen and oxygen atoms in total. The first-order chi connectivity index (χ1) is 10.9. The van der Waals surface area contributed by atoms with Gasteiger partial charge in [-0.15, -0.1) is 33.6 Å². The highest BCUT2D eigenvalue weighted by molar-refractivity contribution is 8.00. The maximum Gasteiger partial charge on any atom is 0.113 e. The van der Waals surface area contributed by atoms with Crippen LogP contribution in [-0.2, 0) is 0 Å². The van der Waals surface area contributed by atoms with E-state index < -0.39 is 0 Å². The summed E-state index contributed by atoms with van der Waals surface area (Å²) in [5.41, 5.74) is 3.57. The zero-order chi connectivity index (χ0) is 14.5. The van der Waals surface area contributed by atoms with Gasteiger partial charge in [-0.2, -0.15) is 5.10 Å². The van der Waals surface area contributed by atoms with Crippen molar-refractivity contribution in [3.63, 3.8) is 0 Å². The van der Waals surface area contributed by atoms with Gasteiger partial charge in [-0.05, 0) is 35.0 Å². The molecular formula is C17H10N2S3. The van der Waals surface area contributed by atoms with Crippen LogP contribution in [0.25, 0.3) is 5.52 Å². The minimum atomic E-state index is 1.11. The van der Waals surface area contributed by atoms with Crippen LogP contribution in [0.2, 0.25) is 0 Å². The predicted octanol–water partition coefficient (Wildman–Crippen LogP) is 4.34. The molecule has 1 aliphatic heterocycles. The maximum absolute atomic E-state index is 4.84. The molecule has 0 amide bonds. The lowest BCUT2D eigenvalue weighted by Crippen LogP contribution is -2.00. The molecule has 4 aromatic rings. The second kappa shape index (κ2) is 4.78. The molecule has 106 valence electrons. The fourth-order valence-electron chi connectivity index (χ4n) is 2.74. The molecular weight excluding hydrogens is 328 g/mol. The third-order valence-electron chi connectivity index (χ3n) is 3.68. The fraction of sp³-hybridized carbons (Fsp3) is 0. The van der Waals surface area contributed by atoms with Crippen LogP contribution in [0.1, 0.15) is 21.0 Å². The Hall–Kier alpha value is -1.95. The second-order valence-corrected chi connectivity index (χ2v) is 7.88. The molecule has 0 saturated heterocycles. The molecule has 0 aromatic carbocycles. The molecule has 5 rings (SSSR count). The molecule has 1 aliphatic rings. The van der Waals surface area contributed by atoms with Gasteiger partial charge in [0.1, 0.15) is 5.69 Å². The first kappa shape index (κ1) is 12.6. The Morgan fingerprint density at radius 1 is 0.818 bits per heavy atom. The van der Waals surface area contributed by atoms with Crippen LogP contribution in [0.4, 0.5) is 0 Å². The Labute approximate surface area is 138 Å². The van der Waals surface area contributed by atoms with E-state index in [2.05, 4.69) is 47.2 Å². The quantitative estimate of drug-likeness (QED) is 0.438. The molecule has 0 radical (unpaired) electrons. The molecule has 0 saturated carbocycles. The summed E-state index contributed by atoms with van der Waals surface area (Å²) >= 11 is 3.57. The average molecular weight is 338 g/mol. The van der Waals surface area contributed by atoms with Crippen LogP contribution in [0.5, 0.6) is 0 Å². The number of fused-ring (bicyclic) bond motifs is 3. The molecule has 0 atom stereocenters. The molecule has 0 fully saturated rings. The number of hydrogen-bond acceptors (Lipinski definition) is 3. The Morgan fingerprint density at radius 3 is 2.32 bits per heavy atom. The van der Waals surface area contributed by atoms with Crippen molar-refractivity contribution >= 4 is 48.9 Å². The van der Waals surface area contributed by atoms with Gasteiger partial charge >= 0.3 is 0 Å². The molecule has 22 heavy (non-hydrogen) atoms. The number of pyridine rings is 1. The largest absolute Gasteiger partial charge is 0.240 e. The van der Waals surface area contributed by atoms with Gasteiger partial charge < -0.3 is 0 Å². The van der Waals surface area contributed by atoms with Crippen molar-refractivity contribution in [2.24, 2.45) is 0 Å². The molecule has 5 heterocycles. The first-order valence-corrected chi connectivity index (χ1v) is 9.47. The SMILES string of the molecule is c1csc(C2=S=C(c3cccs3)c3c2nn2ccccc32)c1. The first-order valence-electron chi connectivity index (χ1n) is 6.89. The van der Waals surface area contributed by atoms with Crippen molar-refractivity contribution in [3.8, 4) is 0 Å². The van der Waals surface area contributed by atoms with E-state index in [0.717, 1.165) is 5.69 Å².